The van der Waals surface area contributed by atoms with Crippen LogP contribution in [0.5, 0.6) is 5.75 Å². The normalized spacial score (nSPS) is 10.4. The summed E-state index contributed by atoms with van der Waals surface area (Å²) in [5.74, 6) is -11.2. The molecular weight excluding hydrogens is 357 g/mol. The maximum absolute atomic E-state index is 13.4. The van der Waals surface area contributed by atoms with Gasteiger partial charge in [-0.05, 0) is 12.1 Å². The number of carbonyl (C=O) groups excluding carboxylic acids is 1. The van der Waals surface area contributed by atoms with E-state index < -0.39 is 52.3 Å². The average Bonchev–Trinajstić information content (AvgIpc) is 2.58. The molecule has 0 aliphatic heterocycles. The summed E-state index contributed by atoms with van der Waals surface area (Å²) in [5, 5.41) is 10.5. The molecule has 0 saturated carbocycles. The number of hydrogen-bond acceptors (Lipinski definition) is 5. The van der Waals surface area contributed by atoms with E-state index >= 15 is 0 Å². The molecule has 2 aromatic rings. The molecule has 0 N–H and O–H groups in total. The Bertz CT molecular complexity index is 811. The molecule has 132 valence electrons. The van der Waals surface area contributed by atoms with E-state index in [0.29, 0.717) is 0 Å². The van der Waals surface area contributed by atoms with Crippen LogP contribution >= 0.6 is 0 Å². The Kier molecular flexibility index (Phi) is 5.15. The van der Waals surface area contributed by atoms with Gasteiger partial charge in [-0.1, -0.05) is 0 Å². The van der Waals surface area contributed by atoms with Crippen LogP contribution in [-0.2, 0) is 11.3 Å². The predicted molar refractivity (Wildman–Crippen MR) is 70.1 cm³/mol. The Hall–Kier alpha value is -3.24. The van der Waals surface area contributed by atoms with E-state index in [-0.39, 0.29) is 11.4 Å². The van der Waals surface area contributed by atoms with Gasteiger partial charge in [-0.15, -0.1) is 0 Å². The number of non-ortho nitro benzene ring substituents is 1. The molecule has 0 aliphatic carbocycles. The third-order valence-electron chi connectivity index (χ3n) is 2.88. The maximum Gasteiger partial charge on any atom is 0.514 e. The van der Waals surface area contributed by atoms with E-state index in [1.165, 1.54) is 0 Å². The van der Waals surface area contributed by atoms with Crippen LogP contribution < -0.4 is 4.74 Å². The van der Waals surface area contributed by atoms with Crippen molar-refractivity contribution in [3.63, 3.8) is 0 Å². The maximum atomic E-state index is 13.4. The number of benzene rings is 2. The molecule has 0 saturated heterocycles. The highest BCUT2D eigenvalue weighted by Crippen LogP contribution is 2.24. The van der Waals surface area contributed by atoms with E-state index in [9.17, 15) is 36.9 Å². The van der Waals surface area contributed by atoms with Crippen molar-refractivity contribution < 1.29 is 41.1 Å². The fourth-order valence-electron chi connectivity index (χ4n) is 1.67. The monoisotopic (exact) mass is 363 g/mol. The predicted octanol–water partition coefficient (Wildman–Crippen LogP) is 4.01. The number of nitro benzene ring substituents is 1. The Labute approximate surface area is 135 Å². The first-order valence-corrected chi connectivity index (χ1v) is 6.31. The molecule has 0 aromatic heterocycles. The number of rotatable bonds is 4. The second-order valence-corrected chi connectivity index (χ2v) is 4.44. The molecule has 0 fully saturated rings. The van der Waals surface area contributed by atoms with Gasteiger partial charge in [0.25, 0.3) is 5.69 Å². The molecule has 6 nitrogen and oxygen atoms in total. The third kappa shape index (κ3) is 3.82. The van der Waals surface area contributed by atoms with E-state index in [1.54, 1.807) is 0 Å². The molecule has 0 atom stereocenters. The molecule has 0 bridgehead atoms. The minimum absolute atomic E-state index is 0.201. The highest BCUT2D eigenvalue weighted by molar-refractivity contribution is 5.64. The number of nitrogens with zero attached hydrogens (tertiary/aromatic N) is 1. The largest absolute Gasteiger partial charge is 0.514 e. The van der Waals surface area contributed by atoms with Crippen molar-refractivity contribution in [1.82, 2.24) is 0 Å². The highest BCUT2D eigenvalue weighted by Gasteiger charge is 2.26. The Morgan fingerprint density at radius 2 is 1.40 bits per heavy atom. The summed E-state index contributed by atoms with van der Waals surface area (Å²) in [7, 11) is 0. The molecule has 0 aliphatic rings. The minimum Gasteiger partial charge on any atom is -0.429 e. The number of hydrogen-bond donors (Lipinski definition) is 0. The van der Waals surface area contributed by atoms with Gasteiger partial charge in [-0.25, -0.2) is 26.7 Å². The van der Waals surface area contributed by atoms with Crippen LogP contribution in [0.2, 0.25) is 0 Å². The molecule has 2 aromatic carbocycles. The van der Waals surface area contributed by atoms with Gasteiger partial charge in [-0.3, -0.25) is 10.1 Å². The molecule has 11 heteroatoms. The first kappa shape index (κ1) is 18.1. The fourth-order valence-corrected chi connectivity index (χ4v) is 1.67. The lowest BCUT2D eigenvalue weighted by atomic mass is 10.2. The summed E-state index contributed by atoms with van der Waals surface area (Å²) in [4.78, 5) is 21.1. The number of nitro groups is 1. The van der Waals surface area contributed by atoms with E-state index in [4.69, 9.17) is 0 Å². The molecule has 0 radical (unpaired) electrons. The van der Waals surface area contributed by atoms with E-state index in [0.717, 1.165) is 24.3 Å². The van der Waals surface area contributed by atoms with Crippen LogP contribution in [0.15, 0.2) is 24.3 Å². The number of halogens is 5. The summed E-state index contributed by atoms with van der Waals surface area (Å²) in [6.07, 6.45) is -1.52. The topological polar surface area (TPSA) is 78.7 Å². The van der Waals surface area contributed by atoms with Gasteiger partial charge in [0, 0.05) is 12.1 Å². The molecule has 0 amide bonds. The lowest BCUT2D eigenvalue weighted by Crippen LogP contribution is -2.14. The molecule has 0 spiro atoms. The van der Waals surface area contributed by atoms with Crippen molar-refractivity contribution in [2.45, 2.75) is 6.61 Å². The molecule has 0 heterocycles. The zero-order valence-corrected chi connectivity index (χ0v) is 11.9. The van der Waals surface area contributed by atoms with Crippen LogP contribution in [0.3, 0.4) is 0 Å². The first-order chi connectivity index (χ1) is 11.7. The number of carbonyl (C=O) groups is 1. The molecule has 2 rings (SSSR count). The Morgan fingerprint density at radius 1 is 0.920 bits per heavy atom. The Balaban J connectivity index is 2.07. The first-order valence-electron chi connectivity index (χ1n) is 6.31. The lowest BCUT2D eigenvalue weighted by Gasteiger charge is -2.09. The average molecular weight is 363 g/mol. The van der Waals surface area contributed by atoms with Crippen LogP contribution in [0, 0.1) is 39.2 Å². The van der Waals surface area contributed by atoms with E-state index in [2.05, 4.69) is 9.47 Å². The van der Waals surface area contributed by atoms with Crippen LogP contribution in [0.1, 0.15) is 5.56 Å². The summed E-state index contributed by atoms with van der Waals surface area (Å²) in [5.41, 5.74) is -1.64. The van der Waals surface area contributed by atoms with Crippen molar-refractivity contribution in [3.05, 3.63) is 69.0 Å². The van der Waals surface area contributed by atoms with E-state index in [1.807, 2.05) is 0 Å². The van der Waals surface area contributed by atoms with Crippen molar-refractivity contribution in [1.29, 1.82) is 0 Å². The van der Waals surface area contributed by atoms with Crippen molar-refractivity contribution >= 4 is 11.8 Å². The van der Waals surface area contributed by atoms with Gasteiger partial charge in [0.1, 0.15) is 12.4 Å². The van der Waals surface area contributed by atoms with Crippen LogP contribution in [-0.4, -0.2) is 11.1 Å². The zero-order chi connectivity index (χ0) is 18.7. The zero-order valence-electron chi connectivity index (χ0n) is 11.9. The van der Waals surface area contributed by atoms with Gasteiger partial charge < -0.3 is 9.47 Å². The lowest BCUT2D eigenvalue weighted by molar-refractivity contribution is -0.384. The summed E-state index contributed by atoms with van der Waals surface area (Å²) in [6.45, 7) is -1.28. The van der Waals surface area contributed by atoms with Gasteiger partial charge >= 0.3 is 6.16 Å². The second kappa shape index (κ2) is 7.11. The summed E-state index contributed by atoms with van der Waals surface area (Å²) in [6, 6.07) is 4.09. The summed E-state index contributed by atoms with van der Waals surface area (Å²) >= 11 is 0. The third-order valence-corrected chi connectivity index (χ3v) is 2.88. The van der Waals surface area contributed by atoms with Crippen LogP contribution in [0.25, 0.3) is 0 Å². The Morgan fingerprint density at radius 3 is 1.88 bits per heavy atom. The number of ether oxygens (including phenoxy) is 2. The van der Waals surface area contributed by atoms with Crippen molar-refractivity contribution in [2.24, 2.45) is 0 Å². The van der Waals surface area contributed by atoms with Gasteiger partial charge in [0.2, 0.25) is 5.82 Å². The smallest absolute Gasteiger partial charge is 0.429 e. The fraction of sp³-hybridized carbons (Fsp3) is 0.0714. The molecular formula is C14H6F5NO5. The highest BCUT2D eigenvalue weighted by atomic mass is 19.2. The minimum atomic E-state index is -2.34. The SMILES string of the molecule is O=C(OCc1c(F)c(F)c(F)c(F)c1F)Oc1ccc([N+](=O)[O-])cc1. The van der Waals surface area contributed by atoms with Crippen LogP contribution in [0.4, 0.5) is 32.4 Å². The summed E-state index contributed by atoms with van der Waals surface area (Å²) < 4.78 is 74.4. The van der Waals surface area contributed by atoms with Crippen molar-refractivity contribution in [3.8, 4) is 5.75 Å². The van der Waals surface area contributed by atoms with Gasteiger partial charge in [0.15, 0.2) is 23.3 Å². The standard InChI is InChI=1S/C14H6F5NO5/c15-9-8(10(16)12(18)13(19)11(9)17)5-24-14(21)25-7-3-1-6(2-4-7)20(22)23/h1-4H,5H2. The van der Waals surface area contributed by atoms with Gasteiger partial charge in [-0.2, -0.15) is 0 Å². The molecule has 0 unspecified atom stereocenters. The van der Waals surface area contributed by atoms with Gasteiger partial charge in [0.05, 0.1) is 10.5 Å². The molecule has 25 heavy (non-hydrogen) atoms. The van der Waals surface area contributed by atoms with Crippen molar-refractivity contribution in [2.75, 3.05) is 0 Å². The second-order valence-electron chi connectivity index (χ2n) is 4.44. The quantitative estimate of drug-likeness (QED) is 0.156.